The second-order valence-electron chi connectivity index (χ2n) is 6.87. The van der Waals surface area contributed by atoms with Gasteiger partial charge in [-0.3, -0.25) is 4.79 Å². The van der Waals surface area contributed by atoms with Crippen molar-refractivity contribution in [1.82, 2.24) is 10.2 Å². The molecule has 0 bridgehead atoms. The Balaban J connectivity index is 1.62. The van der Waals surface area contributed by atoms with Crippen molar-refractivity contribution in [2.75, 3.05) is 32.7 Å². The maximum Gasteiger partial charge on any atom is 0.410 e. The van der Waals surface area contributed by atoms with Gasteiger partial charge in [0.25, 0.3) is 5.91 Å². The minimum Gasteiger partial charge on any atom is -0.493 e. The minimum atomic E-state index is -0.389. The molecular formula is C20H22IN3O5S. The Hall–Kier alpha value is -2.21. The quantitative estimate of drug-likeness (QED) is 0.572. The van der Waals surface area contributed by atoms with Gasteiger partial charge in [-0.1, -0.05) is 0 Å². The van der Waals surface area contributed by atoms with Crippen LogP contribution in [0.25, 0.3) is 0 Å². The lowest BCUT2D eigenvalue weighted by Gasteiger charge is -2.28. The molecule has 0 fully saturated rings. The topological polar surface area (TPSA) is 89.1 Å². The van der Waals surface area contributed by atoms with Gasteiger partial charge < -0.3 is 29.7 Å². The van der Waals surface area contributed by atoms with E-state index >= 15 is 0 Å². The van der Waals surface area contributed by atoms with Crippen molar-refractivity contribution < 1.29 is 23.8 Å². The van der Waals surface area contributed by atoms with E-state index < -0.39 is 0 Å². The number of rotatable bonds is 4. The molecule has 4 rings (SSSR count). The van der Waals surface area contributed by atoms with Gasteiger partial charge in [-0.15, -0.1) is 11.3 Å². The van der Waals surface area contributed by atoms with E-state index in [4.69, 9.17) is 14.2 Å². The summed E-state index contributed by atoms with van der Waals surface area (Å²) in [6.45, 7) is 3.14. The summed E-state index contributed by atoms with van der Waals surface area (Å²) in [6.07, 6.45) is -0.0714. The van der Waals surface area contributed by atoms with Gasteiger partial charge in [-0.2, -0.15) is 0 Å². The van der Waals surface area contributed by atoms with E-state index in [0.29, 0.717) is 43.2 Å². The van der Waals surface area contributed by atoms with Crippen LogP contribution in [0.3, 0.4) is 0 Å². The predicted octanol–water partition coefficient (Wildman–Crippen LogP) is 3.74. The van der Waals surface area contributed by atoms with E-state index in [-0.39, 0.29) is 18.2 Å². The van der Waals surface area contributed by atoms with Crippen LogP contribution < -0.4 is 20.1 Å². The zero-order chi connectivity index (χ0) is 21.4. The molecule has 8 nitrogen and oxygen atoms in total. The summed E-state index contributed by atoms with van der Waals surface area (Å²) >= 11 is 3.71. The molecule has 1 atom stereocenters. The zero-order valence-electron chi connectivity index (χ0n) is 16.8. The summed E-state index contributed by atoms with van der Waals surface area (Å²) in [5.41, 5.74) is 2.57. The van der Waals surface area contributed by atoms with Gasteiger partial charge in [0.1, 0.15) is 11.2 Å². The lowest BCUT2D eigenvalue weighted by molar-refractivity contribution is 0.0934. The van der Waals surface area contributed by atoms with E-state index in [1.807, 2.05) is 12.1 Å². The van der Waals surface area contributed by atoms with Crippen LogP contribution in [-0.4, -0.2) is 44.3 Å². The fourth-order valence-electron chi connectivity index (χ4n) is 3.76. The molecule has 1 unspecified atom stereocenters. The number of halogens is 1. The number of hydrogen-bond acceptors (Lipinski definition) is 7. The van der Waals surface area contributed by atoms with Gasteiger partial charge in [0, 0.05) is 11.4 Å². The summed E-state index contributed by atoms with van der Waals surface area (Å²) in [7, 11) is 3.19. The van der Waals surface area contributed by atoms with Crippen LogP contribution >= 0.6 is 33.9 Å². The number of nitrogens with zero attached hydrogens (tertiary/aromatic N) is 1. The Morgan fingerprint density at radius 1 is 1.30 bits per heavy atom. The average molecular weight is 543 g/mol. The van der Waals surface area contributed by atoms with Crippen LogP contribution in [0.15, 0.2) is 12.1 Å². The van der Waals surface area contributed by atoms with Crippen molar-refractivity contribution in [3.63, 3.8) is 0 Å². The van der Waals surface area contributed by atoms with Crippen molar-refractivity contribution in [1.29, 1.82) is 0 Å². The fraction of sp³-hybridized carbons (Fsp3) is 0.400. The Morgan fingerprint density at radius 2 is 2.10 bits per heavy atom. The zero-order valence-corrected chi connectivity index (χ0v) is 19.8. The maximum atomic E-state index is 13.0. The Kier molecular flexibility index (Phi) is 5.96. The molecule has 3 heterocycles. The van der Waals surface area contributed by atoms with Crippen molar-refractivity contribution >= 4 is 50.9 Å². The molecule has 0 spiro atoms. The van der Waals surface area contributed by atoms with Crippen LogP contribution in [0.5, 0.6) is 11.5 Å². The molecule has 1 aromatic heterocycles. The van der Waals surface area contributed by atoms with E-state index in [0.717, 1.165) is 24.6 Å². The first-order valence-corrected chi connectivity index (χ1v) is 11.4. The monoisotopic (exact) mass is 543 g/mol. The number of ether oxygens (including phenoxy) is 3. The van der Waals surface area contributed by atoms with Crippen molar-refractivity contribution in [3.8, 4) is 11.5 Å². The molecule has 10 heteroatoms. The molecule has 30 heavy (non-hydrogen) atoms. The summed E-state index contributed by atoms with van der Waals surface area (Å²) < 4.78 is 16.9. The molecule has 0 aliphatic carbocycles. The molecule has 2 aromatic rings. The van der Waals surface area contributed by atoms with E-state index in [1.54, 1.807) is 26.0 Å². The molecule has 0 radical (unpaired) electrons. The van der Waals surface area contributed by atoms with Crippen LogP contribution in [0.2, 0.25) is 0 Å². The highest BCUT2D eigenvalue weighted by Gasteiger charge is 2.35. The molecule has 160 valence electrons. The van der Waals surface area contributed by atoms with Gasteiger partial charge in [0.05, 0.1) is 36.5 Å². The summed E-state index contributed by atoms with van der Waals surface area (Å²) in [5.74, 6) is 1.16. The lowest BCUT2D eigenvalue weighted by Crippen LogP contribution is -2.39. The first kappa shape index (κ1) is 21.0. The van der Waals surface area contributed by atoms with Crippen molar-refractivity contribution in [2.24, 2.45) is 0 Å². The number of nitrogens with one attached hydrogen (secondary N) is 2. The highest BCUT2D eigenvalue weighted by atomic mass is 127. The van der Waals surface area contributed by atoms with Crippen LogP contribution in [-0.2, 0) is 17.7 Å². The van der Waals surface area contributed by atoms with Gasteiger partial charge in [-0.25, -0.2) is 4.79 Å². The largest absolute Gasteiger partial charge is 0.493 e. The predicted molar refractivity (Wildman–Crippen MR) is 122 cm³/mol. The van der Waals surface area contributed by atoms with Gasteiger partial charge in [0.15, 0.2) is 11.5 Å². The van der Waals surface area contributed by atoms with Crippen LogP contribution in [0.1, 0.15) is 39.5 Å². The van der Waals surface area contributed by atoms with Gasteiger partial charge in [0.2, 0.25) is 0 Å². The summed E-state index contributed by atoms with van der Waals surface area (Å²) in [4.78, 5) is 27.8. The second-order valence-corrected chi connectivity index (χ2v) is 9.13. The average Bonchev–Trinajstić information content (AvgIpc) is 3.11. The summed E-state index contributed by atoms with van der Waals surface area (Å²) in [6, 6.07) is 3.82. The third-order valence-corrected chi connectivity index (χ3v) is 7.10. The van der Waals surface area contributed by atoms with E-state index in [1.165, 1.54) is 11.3 Å². The SMILES string of the molecule is CCOC(=O)N1CCc2c(sc3c2C(=O)NC(c2cc(I)c(OC)c(OC)c2)N3)C1. The van der Waals surface area contributed by atoms with Gasteiger partial charge in [-0.05, 0) is 59.2 Å². The van der Waals surface area contributed by atoms with E-state index in [2.05, 4.69) is 33.2 Å². The summed E-state index contributed by atoms with van der Waals surface area (Å²) in [5, 5.41) is 7.31. The number of fused-ring (bicyclic) bond motifs is 3. The number of benzene rings is 1. The molecule has 0 saturated carbocycles. The van der Waals surface area contributed by atoms with E-state index in [9.17, 15) is 9.59 Å². The third kappa shape index (κ3) is 3.66. The van der Waals surface area contributed by atoms with Crippen LogP contribution in [0, 0.1) is 3.57 Å². The normalized spacial score (nSPS) is 17.4. The molecule has 1 aromatic carbocycles. The third-order valence-electron chi connectivity index (χ3n) is 5.15. The number of methoxy groups -OCH3 is 2. The number of hydrogen-bond donors (Lipinski definition) is 2. The first-order chi connectivity index (χ1) is 14.5. The second kappa shape index (κ2) is 8.50. The smallest absolute Gasteiger partial charge is 0.410 e. The van der Waals surface area contributed by atoms with Crippen molar-refractivity contribution in [2.45, 2.75) is 26.1 Å². The van der Waals surface area contributed by atoms with Crippen molar-refractivity contribution in [3.05, 3.63) is 37.3 Å². The Morgan fingerprint density at radius 3 is 2.80 bits per heavy atom. The molecule has 2 N–H and O–H groups in total. The molecule has 2 aliphatic heterocycles. The van der Waals surface area contributed by atoms with Gasteiger partial charge >= 0.3 is 6.09 Å². The fourth-order valence-corrected chi connectivity index (χ4v) is 5.89. The number of carbonyl (C=O) groups is 2. The standard InChI is InChI=1S/C20H22IN3O5S/c1-4-29-20(26)24-6-5-11-14(9-24)30-19-15(11)18(25)22-17(23-19)10-7-12(21)16(28-3)13(8-10)27-2/h7-8,17,23H,4-6,9H2,1-3H3,(H,22,25). The van der Waals surface area contributed by atoms with Crippen LogP contribution in [0.4, 0.5) is 9.80 Å². The molecule has 2 amide bonds. The number of amides is 2. The lowest BCUT2D eigenvalue weighted by atomic mass is 10.0. The minimum absolute atomic E-state index is 0.111. The molecule has 2 aliphatic rings. The molecular weight excluding hydrogens is 521 g/mol. The highest BCUT2D eigenvalue weighted by Crippen LogP contribution is 2.42. The molecule has 0 saturated heterocycles. The first-order valence-electron chi connectivity index (χ1n) is 9.51. The maximum absolute atomic E-state index is 13.0. The number of carbonyl (C=O) groups excluding carboxylic acids is 2. The number of thiophene rings is 1. The highest BCUT2D eigenvalue weighted by molar-refractivity contribution is 14.1. The Bertz CT molecular complexity index is 1010. The Labute approximate surface area is 192 Å². The number of anilines is 1.